The van der Waals surface area contributed by atoms with Crippen LogP contribution < -0.4 is 0 Å². The Hall–Kier alpha value is -2.84. The lowest BCUT2D eigenvalue weighted by Crippen LogP contribution is -1.77. The largest absolute Gasteiger partial charge is 0.217 e. The van der Waals surface area contributed by atoms with Crippen molar-refractivity contribution in [3.05, 3.63) is 83.4 Å². The summed E-state index contributed by atoms with van der Waals surface area (Å²) in [5, 5.41) is 0. The number of hydrogen-bond donors (Lipinski definition) is 0. The minimum atomic E-state index is -1.16. The van der Waals surface area contributed by atoms with Gasteiger partial charge in [-0.3, -0.25) is 0 Å². The third-order valence-electron chi connectivity index (χ3n) is 2.37. The highest BCUT2D eigenvalue weighted by Gasteiger charge is 1.98. The molecule has 0 saturated heterocycles. The Morgan fingerprint density at radius 3 is 1.30 bits per heavy atom. The molecular weight excluding hydrogens is 254 g/mol. The fourth-order valence-corrected chi connectivity index (χ4v) is 1.41. The van der Waals surface area contributed by atoms with Crippen molar-refractivity contribution < 1.29 is 8.78 Å². The number of allylic oxidation sites excluding steroid dienone is 2. The van der Waals surface area contributed by atoms with Crippen LogP contribution in [0.4, 0.5) is 8.78 Å². The van der Waals surface area contributed by atoms with E-state index in [0.29, 0.717) is 11.1 Å². The first-order valence-corrected chi connectivity index (χ1v) is 5.95. The van der Waals surface area contributed by atoms with Gasteiger partial charge in [-0.15, -0.1) is 0 Å². The normalized spacial score (nSPS) is 10.5. The summed E-state index contributed by atoms with van der Waals surface area (Å²) in [4.78, 5) is 0. The monoisotopic (exact) mass is 264 g/mol. The van der Waals surface area contributed by atoms with E-state index in [4.69, 9.17) is 0 Å². The fraction of sp³-hybridized carbons (Fsp3) is 0. The van der Waals surface area contributed by atoms with Crippen molar-refractivity contribution in [2.75, 3.05) is 0 Å². The maximum Gasteiger partial charge on any atom is 0.217 e. The van der Waals surface area contributed by atoms with Crippen molar-refractivity contribution in [3.63, 3.8) is 0 Å². The van der Waals surface area contributed by atoms with Gasteiger partial charge in [0.25, 0.3) is 0 Å². The SMILES string of the molecule is FC(C#Cc1ccccc1)=C(F)C#Cc1ccccc1. The fourth-order valence-electron chi connectivity index (χ4n) is 1.41. The molecule has 0 heterocycles. The van der Waals surface area contributed by atoms with Crippen LogP contribution >= 0.6 is 0 Å². The third kappa shape index (κ3) is 4.12. The molecule has 0 saturated carbocycles. The highest BCUT2D eigenvalue weighted by molar-refractivity contribution is 5.44. The van der Waals surface area contributed by atoms with E-state index in [-0.39, 0.29) is 0 Å². The molecule has 2 aromatic carbocycles. The van der Waals surface area contributed by atoms with Gasteiger partial charge in [-0.2, -0.15) is 8.78 Å². The van der Waals surface area contributed by atoms with Crippen LogP contribution in [0.25, 0.3) is 0 Å². The molecule has 2 rings (SSSR count). The van der Waals surface area contributed by atoms with Gasteiger partial charge in [-0.1, -0.05) is 48.2 Å². The maximum absolute atomic E-state index is 13.4. The summed E-state index contributed by atoms with van der Waals surface area (Å²) in [7, 11) is 0. The molecule has 0 atom stereocenters. The van der Waals surface area contributed by atoms with Gasteiger partial charge < -0.3 is 0 Å². The van der Waals surface area contributed by atoms with Crippen LogP contribution in [0.15, 0.2) is 72.3 Å². The Bertz CT molecular complexity index is 655. The predicted octanol–water partition coefficient (Wildman–Crippen LogP) is 4.24. The molecule has 0 radical (unpaired) electrons. The van der Waals surface area contributed by atoms with Crippen LogP contribution in [-0.4, -0.2) is 0 Å². The first-order valence-electron chi connectivity index (χ1n) is 5.95. The van der Waals surface area contributed by atoms with E-state index in [0.717, 1.165) is 0 Å². The topological polar surface area (TPSA) is 0 Å². The van der Waals surface area contributed by atoms with Crippen molar-refractivity contribution >= 4 is 0 Å². The molecule has 0 bridgehead atoms. The molecule has 0 nitrogen and oxygen atoms in total. The second-order valence-electron chi connectivity index (χ2n) is 3.86. The third-order valence-corrected chi connectivity index (χ3v) is 2.37. The van der Waals surface area contributed by atoms with Crippen LogP contribution in [0.1, 0.15) is 11.1 Å². The first-order chi connectivity index (χ1) is 9.75. The van der Waals surface area contributed by atoms with Gasteiger partial charge in [0.05, 0.1) is 0 Å². The van der Waals surface area contributed by atoms with Crippen LogP contribution in [0.3, 0.4) is 0 Å². The Morgan fingerprint density at radius 2 is 0.950 bits per heavy atom. The van der Waals surface area contributed by atoms with Crippen molar-refractivity contribution in [3.8, 4) is 23.7 Å². The number of halogens is 2. The maximum atomic E-state index is 13.4. The molecular formula is C18H10F2. The first kappa shape index (κ1) is 13.6. The van der Waals surface area contributed by atoms with E-state index < -0.39 is 11.7 Å². The quantitative estimate of drug-likeness (QED) is 0.624. The summed E-state index contributed by atoms with van der Waals surface area (Å²) in [5.41, 5.74) is 1.23. The van der Waals surface area contributed by atoms with Crippen LogP contribution in [0.2, 0.25) is 0 Å². The minimum Gasteiger partial charge on any atom is -0.193 e. The summed E-state index contributed by atoms with van der Waals surface area (Å²) in [5.74, 6) is 7.00. The van der Waals surface area contributed by atoms with Crippen LogP contribution in [-0.2, 0) is 0 Å². The summed E-state index contributed by atoms with van der Waals surface area (Å²) in [6, 6.07) is 17.6. The van der Waals surface area contributed by atoms with Gasteiger partial charge in [0.15, 0.2) is 0 Å². The standard InChI is InChI=1S/C18H10F2/c19-17(13-11-15-7-3-1-4-8-15)18(20)14-12-16-9-5-2-6-10-16/h1-10H. The molecule has 0 amide bonds. The molecule has 96 valence electrons. The van der Waals surface area contributed by atoms with Crippen molar-refractivity contribution in [2.24, 2.45) is 0 Å². The number of rotatable bonds is 0. The summed E-state index contributed by atoms with van der Waals surface area (Å²) in [6.45, 7) is 0. The average Bonchev–Trinajstić information content (AvgIpc) is 2.52. The zero-order valence-electron chi connectivity index (χ0n) is 10.5. The van der Waals surface area contributed by atoms with Crippen LogP contribution in [0, 0.1) is 23.7 Å². The molecule has 0 aromatic heterocycles. The lowest BCUT2D eigenvalue weighted by Gasteiger charge is -1.87. The number of hydrogen-bond acceptors (Lipinski definition) is 0. The van der Waals surface area contributed by atoms with Crippen molar-refractivity contribution in [2.45, 2.75) is 0 Å². The Morgan fingerprint density at radius 1 is 0.600 bits per heavy atom. The molecule has 0 N–H and O–H groups in total. The zero-order chi connectivity index (χ0) is 14.2. The van der Waals surface area contributed by atoms with Crippen LogP contribution in [0.5, 0.6) is 0 Å². The second kappa shape index (κ2) is 6.92. The van der Waals surface area contributed by atoms with Gasteiger partial charge in [-0.25, -0.2) is 0 Å². The van der Waals surface area contributed by atoms with Gasteiger partial charge in [0, 0.05) is 11.1 Å². The Kier molecular flexibility index (Phi) is 4.70. The molecule has 0 aliphatic heterocycles. The smallest absolute Gasteiger partial charge is 0.193 e. The Labute approximate surface area is 116 Å². The van der Waals surface area contributed by atoms with E-state index in [9.17, 15) is 8.78 Å². The van der Waals surface area contributed by atoms with E-state index in [1.54, 1.807) is 48.5 Å². The molecule has 0 aliphatic carbocycles. The molecule has 0 unspecified atom stereocenters. The predicted molar refractivity (Wildman–Crippen MR) is 75.9 cm³/mol. The zero-order valence-corrected chi connectivity index (χ0v) is 10.5. The number of benzene rings is 2. The highest BCUT2D eigenvalue weighted by atomic mass is 19.2. The summed E-state index contributed by atoms with van der Waals surface area (Å²) in [6.07, 6.45) is 0. The molecule has 0 aliphatic rings. The van der Waals surface area contributed by atoms with Gasteiger partial charge in [0.2, 0.25) is 11.7 Å². The van der Waals surface area contributed by atoms with E-state index in [1.807, 2.05) is 12.1 Å². The van der Waals surface area contributed by atoms with E-state index in [2.05, 4.69) is 23.7 Å². The summed E-state index contributed by atoms with van der Waals surface area (Å²) >= 11 is 0. The molecule has 2 heteroatoms. The van der Waals surface area contributed by atoms with Crippen molar-refractivity contribution in [1.29, 1.82) is 0 Å². The lowest BCUT2D eigenvalue weighted by atomic mass is 10.2. The highest BCUT2D eigenvalue weighted by Crippen LogP contribution is 2.07. The second-order valence-corrected chi connectivity index (χ2v) is 3.86. The van der Waals surface area contributed by atoms with Gasteiger partial charge in [-0.05, 0) is 36.1 Å². The van der Waals surface area contributed by atoms with Gasteiger partial charge in [0.1, 0.15) is 0 Å². The molecule has 20 heavy (non-hydrogen) atoms. The van der Waals surface area contributed by atoms with Gasteiger partial charge >= 0.3 is 0 Å². The minimum absolute atomic E-state index is 0.617. The van der Waals surface area contributed by atoms with Crippen molar-refractivity contribution in [1.82, 2.24) is 0 Å². The average molecular weight is 264 g/mol. The lowest BCUT2D eigenvalue weighted by molar-refractivity contribution is 0.584. The molecule has 0 fully saturated rings. The van der Waals surface area contributed by atoms with E-state index in [1.165, 1.54) is 0 Å². The Balaban J connectivity index is 2.17. The molecule has 2 aromatic rings. The van der Waals surface area contributed by atoms with E-state index >= 15 is 0 Å². The molecule has 0 spiro atoms. The summed E-state index contributed by atoms with van der Waals surface area (Å²) < 4.78 is 26.8.